The van der Waals surface area contributed by atoms with Crippen molar-refractivity contribution in [1.82, 2.24) is 25.1 Å². The highest BCUT2D eigenvalue weighted by Gasteiger charge is 2.30. The molecule has 2 fully saturated rings. The number of anilines is 1. The molecule has 1 aromatic carbocycles. The maximum atomic E-state index is 14.1. The van der Waals surface area contributed by atoms with E-state index in [9.17, 15) is 14.0 Å². The third-order valence-electron chi connectivity index (χ3n) is 7.19. The van der Waals surface area contributed by atoms with Gasteiger partial charge in [-0.25, -0.2) is 14.4 Å². The Morgan fingerprint density at radius 2 is 1.95 bits per heavy atom. The van der Waals surface area contributed by atoms with Crippen LogP contribution in [0.1, 0.15) is 49.9 Å². The quantitative estimate of drug-likeness (QED) is 0.213. The van der Waals surface area contributed by atoms with Crippen molar-refractivity contribution in [2.45, 2.75) is 56.8 Å². The molecular formula is C27H36ClFN6O2S. The molecule has 11 heteroatoms. The van der Waals surface area contributed by atoms with E-state index in [2.05, 4.69) is 27.1 Å². The monoisotopic (exact) mass is 562 g/mol. The molecule has 0 saturated carbocycles. The largest absolute Gasteiger partial charge is 0.355 e. The van der Waals surface area contributed by atoms with Crippen molar-refractivity contribution < 1.29 is 14.0 Å². The minimum Gasteiger partial charge on any atom is -0.355 e. The van der Waals surface area contributed by atoms with Crippen LogP contribution in [0.2, 0.25) is 5.15 Å². The summed E-state index contributed by atoms with van der Waals surface area (Å²) in [5, 5.41) is 3.72. The summed E-state index contributed by atoms with van der Waals surface area (Å²) in [5.74, 6) is -0.0314. The molecule has 0 aliphatic carbocycles. The van der Waals surface area contributed by atoms with E-state index in [4.69, 9.17) is 11.6 Å². The number of nitrogens with one attached hydrogen (secondary N) is 1. The fourth-order valence-electron chi connectivity index (χ4n) is 5.05. The summed E-state index contributed by atoms with van der Waals surface area (Å²) >= 11 is 7.53. The van der Waals surface area contributed by atoms with Crippen molar-refractivity contribution in [3.8, 4) is 0 Å². The Hall–Kier alpha value is -2.43. The second-order valence-electron chi connectivity index (χ2n) is 9.98. The van der Waals surface area contributed by atoms with Crippen LogP contribution in [0.4, 0.5) is 10.2 Å². The Balaban J connectivity index is 1.25. The standard InChI is InChI=1S/C27H36ClFN6O2S/c1-19-8-5-6-12-33(19)13-7-11-30-25(36)18-38-27-31-23(28)16-24(32-27)34-14-15-35(20(2)17-34)26(37)21-9-3-4-10-22(21)29/h3-4,9-10,16,19-20H,5-8,11-15,17-18H2,1-2H3,(H,30,36). The summed E-state index contributed by atoms with van der Waals surface area (Å²) in [5.41, 5.74) is 0.0795. The Labute approximate surface area is 233 Å². The third kappa shape index (κ3) is 7.57. The van der Waals surface area contributed by atoms with Gasteiger partial charge in [-0.3, -0.25) is 9.59 Å². The van der Waals surface area contributed by atoms with E-state index in [-0.39, 0.29) is 29.2 Å². The Morgan fingerprint density at radius 3 is 2.71 bits per heavy atom. The van der Waals surface area contributed by atoms with Gasteiger partial charge in [-0.2, -0.15) is 0 Å². The molecule has 2 unspecified atom stereocenters. The van der Waals surface area contributed by atoms with Gasteiger partial charge in [0.2, 0.25) is 5.91 Å². The summed E-state index contributed by atoms with van der Waals surface area (Å²) in [4.78, 5) is 40.4. The molecule has 2 amide bonds. The van der Waals surface area contributed by atoms with E-state index in [1.165, 1.54) is 43.2 Å². The van der Waals surface area contributed by atoms with E-state index in [0.29, 0.717) is 48.3 Å². The molecule has 0 radical (unpaired) electrons. The Bertz CT molecular complexity index is 1120. The van der Waals surface area contributed by atoms with Gasteiger partial charge in [0.05, 0.1) is 11.3 Å². The maximum Gasteiger partial charge on any atom is 0.257 e. The first-order valence-electron chi connectivity index (χ1n) is 13.3. The molecule has 8 nitrogen and oxygen atoms in total. The maximum absolute atomic E-state index is 14.1. The summed E-state index contributed by atoms with van der Waals surface area (Å²) in [6.07, 6.45) is 4.76. The molecule has 1 aromatic heterocycles. The molecule has 38 heavy (non-hydrogen) atoms. The second kappa shape index (κ2) is 13.6. The highest BCUT2D eigenvalue weighted by molar-refractivity contribution is 7.99. The summed E-state index contributed by atoms with van der Waals surface area (Å²) in [7, 11) is 0. The Morgan fingerprint density at radius 1 is 1.13 bits per heavy atom. The average molecular weight is 563 g/mol. The van der Waals surface area contributed by atoms with Crippen LogP contribution in [0, 0.1) is 5.82 Å². The van der Waals surface area contributed by atoms with Crippen molar-refractivity contribution in [3.63, 3.8) is 0 Å². The van der Waals surface area contributed by atoms with Gasteiger partial charge < -0.3 is 20.0 Å². The number of likely N-dealkylation sites (tertiary alicyclic amines) is 1. The van der Waals surface area contributed by atoms with Gasteiger partial charge >= 0.3 is 0 Å². The van der Waals surface area contributed by atoms with Gasteiger partial charge in [-0.05, 0) is 51.8 Å². The second-order valence-corrected chi connectivity index (χ2v) is 11.3. The number of piperazine rings is 1. The van der Waals surface area contributed by atoms with E-state index in [1.54, 1.807) is 23.1 Å². The highest BCUT2D eigenvalue weighted by atomic mass is 35.5. The van der Waals surface area contributed by atoms with Gasteiger partial charge in [0.15, 0.2) is 5.16 Å². The smallest absolute Gasteiger partial charge is 0.257 e. The normalized spacial score (nSPS) is 20.4. The zero-order valence-corrected chi connectivity index (χ0v) is 23.6. The number of piperidine rings is 1. The lowest BCUT2D eigenvalue weighted by molar-refractivity contribution is -0.118. The van der Waals surface area contributed by atoms with E-state index < -0.39 is 5.82 Å². The number of nitrogens with zero attached hydrogens (tertiary/aromatic N) is 5. The fraction of sp³-hybridized carbons (Fsp3) is 0.556. The van der Waals surface area contributed by atoms with Crippen LogP contribution in [-0.4, -0.2) is 88.7 Å². The minimum absolute atomic E-state index is 0.0549. The third-order valence-corrected chi connectivity index (χ3v) is 8.24. The first kappa shape index (κ1) is 28.6. The summed E-state index contributed by atoms with van der Waals surface area (Å²) in [6.45, 7) is 8.49. The predicted molar refractivity (Wildman–Crippen MR) is 149 cm³/mol. The van der Waals surface area contributed by atoms with Crippen LogP contribution in [0.3, 0.4) is 0 Å². The van der Waals surface area contributed by atoms with Crippen LogP contribution < -0.4 is 10.2 Å². The number of benzene rings is 1. The first-order chi connectivity index (χ1) is 18.3. The van der Waals surface area contributed by atoms with Crippen molar-refractivity contribution >= 4 is 41.0 Å². The van der Waals surface area contributed by atoms with Crippen LogP contribution in [0.5, 0.6) is 0 Å². The zero-order valence-electron chi connectivity index (χ0n) is 22.0. The van der Waals surface area contributed by atoms with Crippen LogP contribution in [0.15, 0.2) is 35.5 Å². The number of thioether (sulfide) groups is 1. The molecule has 0 spiro atoms. The van der Waals surface area contributed by atoms with Crippen molar-refractivity contribution in [1.29, 1.82) is 0 Å². The lowest BCUT2D eigenvalue weighted by Gasteiger charge is -2.40. The number of amides is 2. The van der Waals surface area contributed by atoms with Crippen molar-refractivity contribution in [2.75, 3.05) is 49.9 Å². The number of aromatic nitrogens is 2. The molecule has 0 bridgehead atoms. The summed E-state index contributed by atoms with van der Waals surface area (Å²) in [6, 6.07) is 8.20. The SMILES string of the molecule is CC1CCCCN1CCCNC(=O)CSc1nc(Cl)cc(N2CCN(C(=O)c3ccccc3F)C(C)C2)n1. The molecule has 2 saturated heterocycles. The van der Waals surface area contributed by atoms with Crippen LogP contribution in [-0.2, 0) is 4.79 Å². The van der Waals surface area contributed by atoms with Crippen molar-refractivity contribution in [3.05, 3.63) is 46.9 Å². The van der Waals surface area contributed by atoms with Gasteiger partial charge in [-0.15, -0.1) is 0 Å². The molecule has 3 heterocycles. The van der Waals surface area contributed by atoms with Crippen LogP contribution in [0.25, 0.3) is 0 Å². The molecule has 206 valence electrons. The first-order valence-corrected chi connectivity index (χ1v) is 14.7. The number of halogens is 2. The van der Waals surface area contributed by atoms with Crippen molar-refractivity contribution in [2.24, 2.45) is 0 Å². The fourth-order valence-corrected chi connectivity index (χ4v) is 5.96. The van der Waals surface area contributed by atoms with Gasteiger partial charge in [0.1, 0.15) is 16.8 Å². The number of carbonyl (C=O) groups excluding carboxylic acids is 2. The van der Waals surface area contributed by atoms with E-state index >= 15 is 0 Å². The zero-order chi connectivity index (χ0) is 27.1. The molecule has 2 atom stereocenters. The number of rotatable bonds is 9. The minimum atomic E-state index is -0.517. The number of hydrogen-bond donors (Lipinski definition) is 1. The number of carbonyl (C=O) groups is 2. The van der Waals surface area contributed by atoms with E-state index in [0.717, 1.165) is 19.5 Å². The summed E-state index contributed by atoms with van der Waals surface area (Å²) < 4.78 is 14.1. The predicted octanol–water partition coefficient (Wildman–Crippen LogP) is 4.09. The van der Waals surface area contributed by atoms with Gasteiger partial charge in [-0.1, -0.05) is 41.9 Å². The number of hydrogen-bond acceptors (Lipinski definition) is 7. The van der Waals surface area contributed by atoms with Gasteiger partial charge in [0.25, 0.3) is 5.91 Å². The average Bonchev–Trinajstić information content (AvgIpc) is 2.90. The van der Waals surface area contributed by atoms with Crippen LogP contribution >= 0.6 is 23.4 Å². The topological polar surface area (TPSA) is 81.7 Å². The molecule has 2 aliphatic heterocycles. The lowest BCUT2D eigenvalue weighted by atomic mass is 10.0. The van der Waals surface area contributed by atoms with E-state index in [1.807, 2.05) is 11.8 Å². The highest BCUT2D eigenvalue weighted by Crippen LogP contribution is 2.25. The lowest BCUT2D eigenvalue weighted by Crippen LogP contribution is -2.54. The molecule has 4 rings (SSSR count). The van der Waals surface area contributed by atoms with Gasteiger partial charge in [0, 0.05) is 50.9 Å². The molecule has 2 aromatic rings. The molecule has 2 aliphatic rings. The molecular weight excluding hydrogens is 527 g/mol. The molecule has 1 N–H and O–H groups in total. The Kier molecular flexibility index (Phi) is 10.2.